The highest BCUT2D eigenvalue weighted by atomic mass is 14.9. The minimum absolute atomic E-state index is 0.289. The number of hydrogen-bond donors (Lipinski definition) is 1. The zero-order valence-electron chi connectivity index (χ0n) is 12.2. The Morgan fingerprint density at radius 3 is 1.76 bits per heavy atom. The molecule has 0 aliphatic heterocycles. The number of rotatable bonds is 4. The van der Waals surface area contributed by atoms with Gasteiger partial charge < -0.3 is 5.32 Å². The Kier molecular flexibility index (Phi) is 4.02. The van der Waals surface area contributed by atoms with E-state index in [1.165, 1.54) is 16.7 Å². The molecule has 1 atom stereocenters. The van der Waals surface area contributed by atoms with E-state index in [0.717, 1.165) is 5.69 Å². The fourth-order valence-corrected chi connectivity index (χ4v) is 2.46. The largest absolute Gasteiger partial charge is 0.379 e. The summed E-state index contributed by atoms with van der Waals surface area (Å²) < 4.78 is 0. The summed E-state index contributed by atoms with van der Waals surface area (Å²) >= 11 is 0. The van der Waals surface area contributed by atoms with Crippen LogP contribution in [0.1, 0.15) is 18.5 Å². The van der Waals surface area contributed by atoms with Gasteiger partial charge in [-0.25, -0.2) is 0 Å². The predicted molar refractivity (Wildman–Crippen MR) is 90.4 cm³/mol. The third-order valence-electron chi connectivity index (χ3n) is 3.67. The molecule has 0 aliphatic rings. The molecule has 1 heteroatoms. The Labute approximate surface area is 126 Å². The van der Waals surface area contributed by atoms with Crippen LogP contribution in [0, 0.1) is 0 Å². The maximum atomic E-state index is 3.52. The van der Waals surface area contributed by atoms with Crippen LogP contribution in [0.3, 0.4) is 0 Å². The van der Waals surface area contributed by atoms with Crippen LogP contribution in [0.2, 0.25) is 0 Å². The maximum Gasteiger partial charge on any atom is 0.0485 e. The van der Waals surface area contributed by atoms with Gasteiger partial charge >= 0.3 is 0 Å². The molecule has 104 valence electrons. The predicted octanol–water partition coefficient (Wildman–Crippen LogP) is 5.53. The third-order valence-corrected chi connectivity index (χ3v) is 3.67. The molecule has 0 radical (unpaired) electrons. The summed E-state index contributed by atoms with van der Waals surface area (Å²) in [7, 11) is 0. The van der Waals surface area contributed by atoms with Crippen LogP contribution in [0.15, 0.2) is 84.9 Å². The summed E-state index contributed by atoms with van der Waals surface area (Å²) in [5.74, 6) is 0. The molecule has 1 unspecified atom stereocenters. The smallest absolute Gasteiger partial charge is 0.0485 e. The van der Waals surface area contributed by atoms with Gasteiger partial charge in [0.15, 0.2) is 0 Å². The molecule has 0 bridgehead atoms. The van der Waals surface area contributed by atoms with Gasteiger partial charge in [0.25, 0.3) is 0 Å². The van der Waals surface area contributed by atoms with Crippen molar-refractivity contribution in [3.8, 4) is 11.1 Å². The van der Waals surface area contributed by atoms with Gasteiger partial charge in [-0.1, -0.05) is 72.8 Å². The summed E-state index contributed by atoms with van der Waals surface area (Å²) in [6, 6.07) is 29.8. The fraction of sp³-hybridized carbons (Fsp3) is 0.100. The summed E-state index contributed by atoms with van der Waals surface area (Å²) in [5.41, 5.74) is 4.95. The third kappa shape index (κ3) is 3.32. The zero-order valence-corrected chi connectivity index (χ0v) is 12.2. The molecule has 0 amide bonds. The number of benzene rings is 3. The van der Waals surface area contributed by atoms with E-state index in [0.29, 0.717) is 0 Å². The molecule has 0 saturated heterocycles. The molecule has 0 aliphatic carbocycles. The van der Waals surface area contributed by atoms with E-state index in [1.807, 2.05) is 24.3 Å². The van der Waals surface area contributed by atoms with Crippen LogP contribution in [0.25, 0.3) is 11.1 Å². The zero-order chi connectivity index (χ0) is 14.5. The Bertz CT molecular complexity index is 672. The van der Waals surface area contributed by atoms with Crippen LogP contribution in [0.4, 0.5) is 5.69 Å². The van der Waals surface area contributed by atoms with Crippen molar-refractivity contribution in [1.82, 2.24) is 0 Å². The van der Waals surface area contributed by atoms with Gasteiger partial charge in [0, 0.05) is 11.7 Å². The van der Waals surface area contributed by atoms with Crippen LogP contribution < -0.4 is 5.32 Å². The SMILES string of the molecule is CC(Nc1ccccc1)c1ccc(-c2ccccc2)cc1. The number of hydrogen-bond acceptors (Lipinski definition) is 1. The van der Waals surface area contributed by atoms with E-state index >= 15 is 0 Å². The van der Waals surface area contributed by atoms with Crippen molar-refractivity contribution >= 4 is 5.69 Å². The van der Waals surface area contributed by atoms with Gasteiger partial charge in [0.1, 0.15) is 0 Å². The van der Waals surface area contributed by atoms with Gasteiger partial charge in [0.05, 0.1) is 0 Å². The lowest BCUT2D eigenvalue weighted by molar-refractivity contribution is 0.885. The van der Waals surface area contributed by atoms with Crippen molar-refractivity contribution in [2.24, 2.45) is 0 Å². The first-order valence-corrected chi connectivity index (χ1v) is 7.30. The monoisotopic (exact) mass is 273 g/mol. The van der Waals surface area contributed by atoms with Gasteiger partial charge in [-0.2, -0.15) is 0 Å². The number of nitrogens with one attached hydrogen (secondary N) is 1. The van der Waals surface area contributed by atoms with Gasteiger partial charge in [-0.05, 0) is 35.7 Å². The van der Waals surface area contributed by atoms with Crippen molar-refractivity contribution in [2.75, 3.05) is 5.32 Å². The quantitative estimate of drug-likeness (QED) is 0.659. The first kappa shape index (κ1) is 13.4. The molecular formula is C20H19N. The molecule has 0 fully saturated rings. The molecule has 0 spiro atoms. The second kappa shape index (κ2) is 6.27. The maximum absolute atomic E-state index is 3.52. The van der Waals surface area contributed by atoms with Gasteiger partial charge in [-0.3, -0.25) is 0 Å². The van der Waals surface area contributed by atoms with Crippen molar-refractivity contribution in [2.45, 2.75) is 13.0 Å². The standard InChI is InChI=1S/C20H19N/c1-16(21-20-10-6-3-7-11-20)17-12-14-19(15-13-17)18-8-4-2-5-9-18/h2-16,21H,1H3. The highest BCUT2D eigenvalue weighted by Gasteiger charge is 2.05. The minimum atomic E-state index is 0.289. The molecule has 0 aromatic heterocycles. The van der Waals surface area contributed by atoms with E-state index in [2.05, 4.69) is 72.9 Å². The Balaban J connectivity index is 1.75. The second-order valence-corrected chi connectivity index (χ2v) is 5.22. The lowest BCUT2D eigenvalue weighted by Gasteiger charge is -2.16. The van der Waals surface area contributed by atoms with E-state index in [4.69, 9.17) is 0 Å². The van der Waals surface area contributed by atoms with Crippen molar-refractivity contribution in [1.29, 1.82) is 0 Å². The highest BCUT2D eigenvalue weighted by Crippen LogP contribution is 2.23. The van der Waals surface area contributed by atoms with Crippen LogP contribution in [-0.4, -0.2) is 0 Å². The van der Waals surface area contributed by atoms with E-state index < -0.39 is 0 Å². The molecule has 1 nitrogen and oxygen atoms in total. The topological polar surface area (TPSA) is 12.0 Å². The Morgan fingerprint density at radius 2 is 1.14 bits per heavy atom. The normalized spacial score (nSPS) is 11.9. The molecule has 3 rings (SSSR count). The van der Waals surface area contributed by atoms with Crippen LogP contribution in [-0.2, 0) is 0 Å². The van der Waals surface area contributed by atoms with Gasteiger partial charge in [-0.15, -0.1) is 0 Å². The molecular weight excluding hydrogens is 254 g/mol. The molecule has 3 aromatic carbocycles. The first-order chi connectivity index (χ1) is 10.3. The van der Waals surface area contributed by atoms with Crippen LogP contribution >= 0.6 is 0 Å². The average molecular weight is 273 g/mol. The van der Waals surface area contributed by atoms with Crippen molar-refractivity contribution in [3.63, 3.8) is 0 Å². The van der Waals surface area contributed by atoms with Crippen molar-refractivity contribution in [3.05, 3.63) is 90.5 Å². The second-order valence-electron chi connectivity index (χ2n) is 5.22. The molecule has 1 N–H and O–H groups in total. The molecule has 21 heavy (non-hydrogen) atoms. The number of para-hydroxylation sites is 1. The van der Waals surface area contributed by atoms with Crippen LogP contribution in [0.5, 0.6) is 0 Å². The summed E-state index contributed by atoms with van der Waals surface area (Å²) in [5, 5.41) is 3.52. The average Bonchev–Trinajstić information content (AvgIpc) is 2.57. The molecule has 0 saturated carbocycles. The summed E-state index contributed by atoms with van der Waals surface area (Å²) in [6.07, 6.45) is 0. The fourth-order valence-electron chi connectivity index (χ4n) is 2.46. The van der Waals surface area contributed by atoms with E-state index in [-0.39, 0.29) is 6.04 Å². The molecule has 0 heterocycles. The highest BCUT2D eigenvalue weighted by molar-refractivity contribution is 5.63. The van der Waals surface area contributed by atoms with E-state index in [1.54, 1.807) is 0 Å². The van der Waals surface area contributed by atoms with Gasteiger partial charge in [0.2, 0.25) is 0 Å². The first-order valence-electron chi connectivity index (χ1n) is 7.30. The Morgan fingerprint density at radius 1 is 0.619 bits per heavy atom. The summed E-state index contributed by atoms with van der Waals surface area (Å²) in [6.45, 7) is 2.19. The lowest BCUT2D eigenvalue weighted by Crippen LogP contribution is -2.06. The lowest BCUT2D eigenvalue weighted by atomic mass is 10.0. The minimum Gasteiger partial charge on any atom is -0.379 e. The van der Waals surface area contributed by atoms with E-state index in [9.17, 15) is 0 Å². The van der Waals surface area contributed by atoms with Crippen molar-refractivity contribution < 1.29 is 0 Å². The summed E-state index contributed by atoms with van der Waals surface area (Å²) in [4.78, 5) is 0. The number of anilines is 1. The molecule has 3 aromatic rings. The Hall–Kier alpha value is -2.54.